The van der Waals surface area contributed by atoms with E-state index in [-0.39, 0.29) is 0 Å². The Bertz CT molecular complexity index is 1230. The first-order chi connectivity index (χ1) is 13.3. The molecule has 0 unspecified atom stereocenters. The van der Waals surface area contributed by atoms with Gasteiger partial charge in [-0.2, -0.15) is 0 Å². The molecular formula is C25H27N2O+. The van der Waals surface area contributed by atoms with Gasteiger partial charge in [0.2, 0.25) is 5.36 Å². The van der Waals surface area contributed by atoms with Crippen LogP contribution in [-0.4, -0.2) is 28.2 Å². The first-order valence-corrected chi connectivity index (χ1v) is 9.61. The zero-order chi connectivity index (χ0) is 20.0. The molecule has 0 spiro atoms. The lowest BCUT2D eigenvalue weighted by Gasteiger charge is -2.19. The first kappa shape index (κ1) is 18.3. The van der Waals surface area contributed by atoms with Crippen molar-refractivity contribution in [3.8, 4) is 22.5 Å². The molecule has 3 heteroatoms. The van der Waals surface area contributed by atoms with Crippen molar-refractivity contribution in [1.29, 1.82) is 0 Å². The van der Waals surface area contributed by atoms with Gasteiger partial charge in [0.15, 0.2) is 0 Å². The highest BCUT2D eigenvalue weighted by Gasteiger charge is 2.19. The van der Waals surface area contributed by atoms with Crippen LogP contribution in [0.4, 0.5) is 5.69 Å². The zero-order valence-corrected chi connectivity index (χ0v) is 17.5. The van der Waals surface area contributed by atoms with E-state index in [9.17, 15) is 0 Å². The highest BCUT2D eigenvalue weighted by Crippen LogP contribution is 2.41. The molecule has 0 atom stereocenters. The molecule has 2 aromatic rings. The molecule has 2 aromatic carbocycles. The largest absolute Gasteiger partial charge is 0.456 e. The second kappa shape index (κ2) is 6.83. The topological polar surface area (TPSA) is 19.4 Å². The Morgan fingerprint density at radius 3 is 2.32 bits per heavy atom. The SMILES string of the molecule is Cc1ccc(C)c(-c2c3ccc(=[N+](C)C)cc-3oc3cc(N(C)C)ccc23)c1. The van der Waals surface area contributed by atoms with Crippen LogP contribution in [0.25, 0.3) is 33.4 Å². The van der Waals surface area contributed by atoms with Crippen molar-refractivity contribution in [3.05, 3.63) is 71.1 Å². The molecular weight excluding hydrogens is 344 g/mol. The molecule has 0 N–H and O–H groups in total. The molecule has 1 heterocycles. The lowest BCUT2D eigenvalue weighted by atomic mass is 9.90. The molecule has 142 valence electrons. The Morgan fingerprint density at radius 2 is 1.61 bits per heavy atom. The minimum absolute atomic E-state index is 0.908. The smallest absolute Gasteiger partial charge is 0.203 e. The molecule has 0 amide bonds. The van der Waals surface area contributed by atoms with Crippen LogP contribution in [0.1, 0.15) is 11.1 Å². The first-order valence-electron chi connectivity index (χ1n) is 9.61. The molecule has 0 aromatic heterocycles. The number of fused-ring (bicyclic) bond motifs is 2. The maximum atomic E-state index is 6.41. The standard InChI is InChI=1S/C25H27N2O/c1-16-7-8-17(2)22(13-16)25-20-11-9-18(26(3)4)14-23(20)28-24-15-19(27(5)6)10-12-21(24)25/h7-15H,1-6H3/q+1. The van der Waals surface area contributed by atoms with Crippen molar-refractivity contribution in [1.82, 2.24) is 4.58 Å². The number of aryl methyl sites for hydroxylation is 2. The fourth-order valence-corrected chi connectivity index (χ4v) is 3.72. The van der Waals surface area contributed by atoms with Crippen LogP contribution in [0.3, 0.4) is 0 Å². The Morgan fingerprint density at radius 1 is 0.821 bits per heavy atom. The predicted molar refractivity (Wildman–Crippen MR) is 119 cm³/mol. The highest BCUT2D eigenvalue weighted by molar-refractivity contribution is 6.03. The lowest BCUT2D eigenvalue weighted by Crippen LogP contribution is -2.21. The quantitative estimate of drug-likeness (QED) is 0.368. The van der Waals surface area contributed by atoms with Crippen LogP contribution in [0.2, 0.25) is 0 Å². The third-order valence-electron chi connectivity index (χ3n) is 5.38. The molecule has 4 rings (SSSR count). The fourth-order valence-electron chi connectivity index (χ4n) is 3.72. The minimum Gasteiger partial charge on any atom is -0.456 e. The molecule has 0 radical (unpaired) electrons. The summed E-state index contributed by atoms with van der Waals surface area (Å²) in [6.07, 6.45) is 0. The van der Waals surface area contributed by atoms with Crippen molar-refractivity contribution in [2.75, 3.05) is 33.1 Å². The monoisotopic (exact) mass is 371 g/mol. The van der Waals surface area contributed by atoms with Gasteiger partial charge in [0.25, 0.3) is 0 Å². The summed E-state index contributed by atoms with van der Waals surface area (Å²) in [6, 6.07) is 19.6. The summed E-state index contributed by atoms with van der Waals surface area (Å²) in [4.78, 5) is 2.10. The summed E-state index contributed by atoms with van der Waals surface area (Å²) >= 11 is 0. The van der Waals surface area contributed by atoms with Gasteiger partial charge in [-0.3, -0.25) is 0 Å². The van der Waals surface area contributed by atoms with Crippen LogP contribution in [0, 0.1) is 13.8 Å². The maximum absolute atomic E-state index is 6.41. The van der Waals surface area contributed by atoms with E-state index in [0.717, 1.165) is 33.3 Å². The molecule has 0 saturated carbocycles. The van der Waals surface area contributed by atoms with Crippen LogP contribution < -0.4 is 14.8 Å². The van der Waals surface area contributed by atoms with Crippen molar-refractivity contribution in [3.63, 3.8) is 0 Å². The summed E-state index contributed by atoms with van der Waals surface area (Å²) < 4.78 is 8.51. The Balaban J connectivity index is 2.18. The van der Waals surface area contributed by atoms with Crippen molar-refractivity contribution < 1.29 is 4.42 Å². The van der Waals surface area contributed by atoms with Crippen LogP contribution >= 0.6 is 0 Å². The van der Waals surface area contributed by atoms with E-state index < -0.39 is 0 Å². The number of hydrogen-bond donors (Lipinski definition) is 0. The summed E-state index contributed by atoms with van der Waals surface area (Å²) in [5, 5.41) is 2.27. The molecule has 28 heavy (non-hydrogen) atoms. The van der Waals surface area contributed by atoms with E-state index >= 15 is 0 Å². The number of rotatable bonds is 2. The van der Waals surface area contributed by atoms with Gasteiger partial charge in [0.05, 0.1) is 6.07 Å². The lowest BCUT2D eigenvalue weighted by molar-refractivity contribution is 0.617. The molecule has 0 fully saturated rings. The van der Waals surface area contributed by atoms with Crippen LogP contribution in [0.5, 0.6) is 0 Å². The number of benzene rings is 3. The normalized spacial score (nSPS) is 11.2. The minimum atomic E-state index is 0.908. The Labute approximate surface area is 166 Å². The van der Waals surface area contributed by atoms with Gasteiger partial charge in [-0.1, -0.05) is 23.8 Å². The Kier molecular flexibility index (Phi) is 4.46. The summed E-state index contributed by atoms with van der Waals surface area (Å²) in [6.45, 7) is 4.33. The van der Waals surface area contributed by atoms with Gasteiger partial charge < -0.3 is 9.32 Å². The highest BCUT2D eigenvalue weighted by atomic mass is 16.3. The predicted octanol–water partition coefficient (Wildman–Crippen LogP) is 4.92. The van der Waals surface area contributed by atoms with E-state index in [1.165, 1.54) is 22.3 Å². The fraction of sp³-hybridized carbons (Fsp3) is 0.240. The molecule has 2 aliphatic rings. The van der Waals surface area contributed by atoms with E-state index in [4.69, 9.17) is 4.42 Å². The maximum Gasteiger partial charge on any atom is 0.203 e. The van der Waals surface area contributed by atoms with Gasteiger partial charge in [-0.05, 0) is 43.2 Å². The summed E-state index contributed by atoms with van der Waals surface area (Å²) in [7, 11) is 8.21. The van der Waals surface area contributed by atoms with E-state index in [0.29, 0.717) is 0 Å². The van der Waals surface area contributed by atoms with Crippen LogP contribution in [0.15, 0.2) is 59.0 Å². The van der Waals surface area contributed by atoms with Crippen molar-refractivity contribution >= 4 is 16.7 Å². The van der Waals surface area contributed by atoms with Crippen molar-refractivity contribution in [2.45, 2.75) is 13.8 Å². The van der Waals surface area contributed by atoms with Gasteiger partial charge in [0.1, 0.15) is 25.4 Å². The Hall–Kier alpha value is -3.07. The van der Waals surface area contributed by atoms with E-state index in [2.05, 4.69) is 106 Å². The molecule has 1 aliphatic heterocycles. The number of hydrogen-bond acceptors (Lipinski definition) is 2. The van der Waals surface area contributed by atoms with Gasteiger partial charge in [0, 0.05) is 48.4 Å². The van der Waals surface area contributed by atoms with E-state index in [1.54, 1.807) is 0 Å². The molecule has 0 bridgehead atoms. The number of nitrogens with zero attached hydrogens (tertiary/aromatic N) is 2. The van der Waals surface area contributed by atoms with Crippen LogP contribution in [-0.2, 0) is 0 Å². The average molecular weight is 372 g/mol. The van der Waals surface area contributed by atoms with Gasteiger partial charge in [-0.15, -0.1) is 0 Å². The van der Waals surface area contributed by atoms with Gasteiger partial charge in [-0.25, -0.2) is 4.58 Å². The van der Waals surface area contributed by atoms with Gasteiger partial charge >= 0.3 is 0 Å². The second-order valence-electron chi connectivity index (χ2n) is 7.95. The second-order valence-corrected chi connectivity index (χ2v) is 7.95. The number of anilines is 1. The average Bonchev–Trinajstić information content (AvgIpc) is 2.67. The third kappa shape index (κ3) is 3.07. The molecule has 1 aliphatic carbocycles. The molecule has 3 nitrogen and oxygen atoms in total. The zero-order valence-electron chi connectivity index (χ0n) is 17.5. The third-order valence-corrected chi connectivity index (χ3v) is 5.38. The summed E-state index contributed by atoms with van der Waals surface area (Å²) in [5.41, 5.74) is 8.22. The van der Waals surface area contributed by atoms with Crippen molar-refractivity contribution in [2.24, 2.45) is 0 Å². The van der Waals surface area contributed by atoms with E-state index in [1.807, 2.05) is 0 Å². The molecule has 0 saturated heterocycles. The summed E-state index contributed by atoms with van der Waals surface area (Å²) in [5.74, 6) is 0.908.